The monoisotopic (exact) mass is 190 g/mol. The van der Waals surface area contributed by atoms with Crippen LogP contribution in [0, 0.1) is 0 Å². The van der Waals surface area contributed by atoms with E-state index in [2.05, 4.69) is 19.1 Å². The van der Waals surface area contributed by atoms with Crippen molar-refractivity contribution in [3.05, 3.63) is 46.9 Å². The lowest BCUT2D eigenvalue weighted by Crippen LogP contribution is -1.98. The number of allylic oxidation sites excluding steroid dienone is 8. The molecule has 0 saturated carbocycles. The molecule has 0 amide bonds. The van der Waals surface area contributed by atoms with E-state index in [-0.39, 0.29) is 5.83 Å². The SMILES string of the molecule is CC1=CCCC(C2=CC(F)=CCC2)=C1. The molecule has 0 aromatic rings. The average Bonchev–Trinajstić information content (AvgIpc) is 2.18. The van der Waals surface area contributed by atoms with Gasteiger partial charge in [-0.25, -0.2) is 4.39 Å². The third kappa shape index (κ3) is 2.03. The minimum absolute atomic E-state index is 0.0700. The Morgan fingerprint density at radius 3 is 2.29 bits per heavy atom. The van der Waals surface area contributed by atoms with E-state index in [1.54, 1.807) is 12.2 Å². The molecule has 2 rings (SSSR count). The van der Waals surface area contributed by atoms with E-state index in [1.807, 2.05) is 0 Å². The zero-order chi connectivity index (χ0) is 9.97. The lowest BCUT2D eigenvalue weighted by molar-refractivity contribution is 0.647. The minimum atomic E-state index is -0.0700. The van der Waals surface area contributed by atoms with Gasteiger partial charge in [-0.05, 0) is 55.9 Å². The van der Waals surface area contributed by atoms with Crippen LogP contribution >= 0.6 is 0 Å². The number of halogens is 1. The Morgan fingerprint density at radius 2 is 1.64 bits per heavy atom. The Bertz CT molecular complexity index is 317. The van der Waals surface area contributed by atoms with Gasteiger partial charge >= 0.3 is 0 Å². The molecule has 0 aromatic carbocycles. The Labute approximate surface area is 84.5 Å². The van der Waals surface area contributed by atoms with Crippen molar-refractivity contribution in [3.63, 3.8) is 0 Å². The summed E-state index contributed by atoms with van der Waals surface area (Å²) >= 11 is 0. The Hall–Kier alpha value is -1.11. The molecule has 2 aliphatic rings. The molecule has 0 spiro atoms. The van der Waals surface area contributed by atoms with Gasteiger partial charge in [-0.2, -0.15) is 0 Å². The summed E-state index contributed by atoms with van der Waals surface area (Å²) in [5.74, 6) is -0.0700. The molecule has 2 aliphatic carbocycles. The lowest BCUT2D eigenvalue weighted by atomic mass is 9.89. The van der Waals surface area contributed by atoms with Crippen LogP contribution in [0.25, 0.3) is 0 Å². The van der Waals surface area contributed by atoms with Crippen LogP contribution in [-0.2, 0) is 0 Å². The summed E-state index contributed by atoms with van der Waals surface area (Å²) in [5.41, 5.74) is 3.83. The lowest BCUT2D eigenvalue weighted by Gasteiger charge is -2.17. The van der Waals surface area contributed by atoms with E-state index in [1.165, 1.54) is 16.7 Å². The molecule has 0 unspecified atom stereocenters. The van der Waals surface area contributed by atoms with Crippen LogP contribution in [0.1, 0.15) is 32.6 Å². The van der Waals surface area contributed by atoms with Crippen molar-refractivity contribution in [2.24, 2.45) is 0 Å². The van der Waals surface area contributed by atoms with Gasteiger partial charge in [-0.15, -0.1) is 0 Å². The van der Waals surface area contributed by atoms with Crippen LogP contribution < -0.4 is 0 Å². The molecule has 0 radical (unpaired) electrons. The highest BCUT2D eigenvalue weighted by molar-refractivity contribution is 5.43. The predicted molar refractivity (Wildman–Crippen MR) is 57.6 cm³/mol. The molecule has 1 heteroatoms. The normalized spacial score (nSPS) is 22.1. The zero-order valence-corrected chi connectivity index (χ0v) is 8.52. The Morgan fingerprint density at radius 1 is 1.00 bits per heavy atom. The summed E-state index contributed by atoms with van der Waals surface area (Å²) in [4.78, 5) is 0. The second-order valence-electron chi connectivity index (χ2n) is 3.95. The van der Waals surface area contributed by atoms with Gasteiger partial charge in [0, 0.05) is 0 Å². The molecular formula is C13H15F. The molecule has 0 aromatic heterocycles. The summed E-state index contributed by atoms with van der Waals surface area (Å²) in [6.45, 7) is 2.11. The van der Waals surface area contributed by atoms with E-state index in [4.69, 9.17) is 0 Å². The van der Waals surface area contributed by atoms with Crippen molar-refractivity contribution in [3.8, 4) is 0 Å². The van der Waals surface area contributed by atoms with E-state index >= 15 is 0 Å². The maximum atomic E-state index is 13.0. The smallest absolute Gasteiger partial charge is 0.119 e. The third-order valence-corrected chi connectivity index (χ3v) is 2.76. The molecule has 0 N–H and O–H groups in total. The van der Waals surface area contributed by atoms with Crippen LogP contribution in [0.5, 0.6) is 0 Å². The van der Waals surface area contributed by atoms with Crippen molar-refractivity contribution in [2.75, 3.05) is 0 Å². The fourth-order valence-electron chi connectivity index (χ4n) is 2.03. The second kappa shape index (κ2) is 3.95. The van der Waals surface area contributed by atoms with Crippen molar-refractivity contribution in [1.82, 2.24) is 0 Å². The Balaban J connectivity index is 2.23. The van der Waals surface area contributed by atoms with E-state index in [0.717, 1.165) is 25.7 Å². The van der Waals surface area contributed by atoms with Crippen molar-refractivity contribution in [1.29, 1.82) is 0 Å². The number of hydrogen-bond donors (Lipinski definition) is 0. The average molecular weight is 190 g/mol. The summed E-state index contributed by atoms with van der Waals surface area (Å²) in [5, 5.41) is 0. The van der Waals surface area contributed by atoms with E-state index in [0.29, 0.717) is 0 Å². The molecule has 0 heterocycles. The summed E-state index contributed by atoms with van der Waals surface area (Å²) in [6.07, 6.45) is 11.8. The van der Waals surface area contributed by atoms with Crippen LogP contribution in [0.4, 0.5) is 4.39 Å². The van der Waals surface area contributed by atoms with Gasteiger partial charge in [0.05, 0.1) is 0 Å². The first-order chi connectivity index (χ1) is 6.75. The van der Waals surface area contributed by atoms with Gasteiger partial charge < -0.3 is 0 Å². The van der Waals surface area contributed by atoms with Gasteiger partial charge in [0.15, 0.2) is 0 Å². The van der Waals surface area contributed by atoms with Gasteiger partial charge in [0.1, 0.15) is 5.83 Å². The quantitative estimate of drug-likeness (QED) is 0.580. The molecule has 0 aliphatic heterocycles. The first-order valence-corrected chi connectivity index (χ1v) is 5.19. The fourth-order valence-corrected chi connectivity index (χ4v) is 2.03. The van der Waals surface area contributed by atoms with Crippen LogP contribution in [-0.4, -0.2) is 0 Å². The highest BCUT2D eigenvalue weighted by Gasteiger charge is 2.11. The molecule has 0 bridgehead atoms. The third-order valence-electron chi connectivity index (χ3n) is 2.76. The van der Waals surface area contributed by atoms with Crippen molar-refractivity contribution < 1.29 is 4.39 Å². The molecule has 14 heavy (non-hydrogen) atoms. The van der Waals surface area contributed by atoms with Gasteiger partial charge in [-0.1, -0.05) is 17.7 Å². The first-order valence-electron chi connectivity index (χ1n) is 5.19. The first kappa shape index (κ1) is 9.45. The van der Waals surface area contributed by atoms with Crippen molar-refractivity contribution >= 4 is 0 Å². The van der Waals surface area contributed by atoms with Gasteiger partial charge in [-0.3, -0.25) is 0 Å². The minimum Gasteiger partial charge on any atom is -0.207 e. The molecule has 0 nitrogen and oxygen atoms in total. The molecule has 0 atom stereocenters. The van der Waals surface area contributed by atoms with Crippen LogP contribution in [0.15, 0.2) is 46.9 Å². The topological polar surface area (TPSA) is 0 Å². The van der Waals surface area contributed by atoms with E-state index < -0.39 is 0 Å². The summed E-state index contributed by atoms with van der Waals surface area (Å²) in [7, 11) is 0. The summed E-state index contributed by atoms with van der Waals surface area (Å²) in [6, 6.07) is 0. The second-order valence-corrected chi connectivity index (χ2v) is 3.95. The van der Waals surface area contributed by atoms with Crippen molar-refractivity contribution in [2.45, 2.75) is 32.6 Å². The zero-order valence-electron chi connectivity index (χ0n) is 8.52. The standard InChI is InChI=1S/C13H15F/c1-10-4-2-5-11(8-10)12-6-3-7-13(14)9-12/h4,7-9H,2-3,5-6H2,1H3. The van der Waals surface area contributed by atoms with Crippen LogP contribution in [0.2, 0.25) is 0 Å². The molecule has 74 valence electrons. The molecule has 0 saturated heterocycles. The fraction of sp³-hybridized carbons (Fsp3) is 0.385. The maximum absolute atomic E-state index is 13.0. The Kier molecular flexibility index (Phi) is 2.67. The highest BCUT2D eigenvalue weighted by Crippen LogP contribution is 2.30. The number of rotatable bonds is 1. The number of hydrogen-bond acceptors (Lipinski definition) is 0. The molecular weight excluding hydrogens is 175 g/mol. The van der Waals surface area contributed by atoms with Gasteiger partial charge in [0.2, 0.25) is 0 Å². The predicted octanol–water partition coefficient (Wildman–Crippen LogP) is 4.23. The van der Waals surface area contributed by atoms with Crippen LogP contribution in [0.3, 0.4) is 0 Å². The largest absolute Gasteiger partial charge is 0.207 e. The van der Waals surface area contributed by atoms with Gasteiger partial charge in [0.25, 0.3) is 0 Å². The molecule has 0 fully saturated rings. The summed E-state index contributed by atoms with van der Waals surface area (Å²) < 4.78 is 13.0. The maximum Gasteiger partial charge on any atom is 0.119 e. The van der Waals surface area contributed by atoms with E-state index in [9.17, 15) is 4.39 Å². The highest BCUT2D eigenvalue weighted by atomic mass is 19.1.